The van der Waals surface area contributed by atoms with Gasteiger partial charge in [0.1, 0.15) is 23.4 Å². The number of halogens is 2. The van der Waals surface area contributed by atoms with Crippen molar-refractivity contribution in [3.63, 3.8) is 0 Å². The van der Waals surface area contributed by atoms with Crippen molar-refractivity contribution in [2.24, 2.45) is 5.73 Å². The first kappa shape index (κ1) is 14.5. The molecule has 0 aliphatic heterocycles. The molecule has 0 aliphatic rings. The fourth-order valence-electron chi connectivity index (χ4n) is 1.66. The number of hydrogen-bond donors (Lipinski definition) is 1. The second-order valence-electron chi connectivity index (χ2n) is 4.33. The van der Waals surface area contributed by atoms with Crippen molar-refractivity contribution in [2.75, 3.05) is 0 Å². The summed E-state index contributed by atoms with van der Waals surface area (Å²) in [6, 6.07) is 11.3. The summed E-state index contributed by atoms with van der Waals surface area (Å²) >= 11 is 3.39. The van der Waals surface area contributed by atoms with E-state index < -0.39 is 5.82 Å². The first-order valence-corrected chi connectivity index (χ1v) is 6.73. The normalized spacial score (nSPS) is 11.8. The Bertz CT molecular complexity index is 680. The third kappa shape index (κ3) is 3.16. The van der Waals surface area contributed by atoms with Crippen LogP contribution < -0.4 is 10.5 Å². The Morgan fingerprint density at radius 3 is 2.60 bits per heavy atom. The quantitative estimate of drug-likeness (QED) is 0.911. The number of nitrogens with two attached hydrogens (primary N) is 1. The fraction of sp³-hybridized carbons (Fsp3) is 0.133. The molecule has 0 unspecified atom stereocenters. The summed E-state index contributed by atoms with van der Waals surface area (Å²) < 4.78 is 19.8. The molecular formula is C15H12BrFN2O. The molecule has 5 heteroatoms. The molecule has 1 atom stereocenters. The minimum Gasteiger partial charge on any atom is -0.456 e. The fourth-order valence-corrected chi connectivity index (χ4v) is 2.14. The molecule has 2 N–H and O–H groups in total. The first-order chi connectivity index (χ1) is 9.51. The van der Waals surface area contributed by atoms with E-state index in [4.69, 9.17) is 15.7 Å². The predicted octanol–water partition coefficient (Wildman–Crippen LogP) is 4.27. The van der Waals surface area contributed by atoms with E-state index in [1.54, 1.807) is 18.2 Å². The largest absolute Gasteiger partial charge is 0.456 e. The molecule has 0 heterocycles. The molecule has 0 saturated heterocycles. The maximum absolute atomic E-state index is 13.5. The molecular weight excluding hydrogens is 323 g/mol. The molecule has 2 aromatic rings. The highest BCUT2D eigenvalue weighted by Crippen LogP contribution is 2.32. The Balaban J connectivity index is 2.26. The number of rotatable bonds is 3. The van der Waals surface area contributed by atoms with Crippen LogP contribution in [0, 0.1) is 17.1 Å². The van der Waals surface area contributed by atoms with Gasteiger partial charge in [-0.15, -0.1) is 0 Å². The molecule has 0 bridgehead atoms. The summed E-state index contributed by atoms with van der Waals surface area (Å²) in [5, 5.41) is 8.68. The van der Waals surface area contributed by atoms with Gasteiger partial charge in [0.15, 0.2) is 0 Å². The van der Waals surface area contributed by atoms with Crippen LogP contribution in [0.2, 0.25) is 0 Å². The second kappa shape index (κ2) is 6.04. The van der Waals surface area contributed by atoms with Crippen molar-refractivity contribution >= 4 is 15.9 Å². The lowest BCUT2D eigenvalue weighted by Gasteiger charge is -2.11. The molecule has 20 heavy (non-hydrogen) atoms. The zero-order chi connectivity index (χ0) is 14.7. The summed E-state index contributed by atoms with van der Waals surface area (Å²) in [4.78, 5) is 0. The van der Waals surface area contributed by atoms with E-state index in [1.165, 1.54) is 12.1 Å². The van der Waals surface area contributed by atoms with Crippen LogP contribution >= 0.6 is 15.9 Å². The Kier molecular flexibility index (Phi) is 4.38. The van der Waals surface area contributed by atoms with E-state index in [1.807, 2.05) is 19.1 Å². The van der Waals surface area contributed by atoms with Crippen LogP contribution in [-0.2, 0) is 0 Å². The average molecular weight is 335 g/mol. The van der Waals surface area contributed by atoms with Gasteiger partial charge in [-0.2, -0.15) is 5.26 Å². The Morgan fingerprint density at radius 2 is 2.05 bits per heavy atom. The molecule has 3 nitrogen and oxygen atoms in total. The van der Waals surface area contributed by atoms with Crippen LogP contribution in [0.25, 0.3) is 0 Å². The average Bonchev–Trinajstić information content (AvgIpc) is 2.41. The molecule has 0 amide bonds. The van der Waals surface area contributed by atoms with Gasteiger partial charge in [-0.3, -0.25) is 0 Å². The molecule has 102 valence electrons. The number of nitrogens with zero attached hydrogens (tertiary/aromatic N) is 1. The van der Waals surface area contributed by atoms with Crippen molar-refractivity contribution in [1.29, 1.82) is 5.26 Å². The van der Waals surface area contributed by atoms with Crippen molar-refractivity contribution in [3.05, 3.63) is 57.8 Å². The minimum absolute atomic E-state index is 0.0104. The van der Waals surface area contributed by atoms with Crippen molar-refractivity contribution in [1.82, 2.24) is 0 Å². The van der Waals surface area contributed by atoms with Gasteiger partial charge in [0.25, 0.3) is 0 Å². The number of benzene rings is 2. The molecule has 0 spiro atoms. The standard InChI is InChI=1S/C15H12BrFN2O/c1-9(19)10-3-5-15(13(16)6-10)20-12-4-2-11(8-18)14(17)7-12/h2-7,9H,19H2,1H3/t9-/m1/s1. The van der Waals surface area contributed by atoms with Gasteiger partial charge in [-0.25, -0.2) is 4.39 Å². The maximum atomic E-state index is 13.5. The third-order valence-electron chi connectivity index (χ3n) is 2.77. The minimum atomic E-state index is -0.603. The highest BCUT2D eigenvalue weighted by Gasteiger charge is 2.08. The second-order valence-corrected chi connectivity index (χ2v) is 5.19. The molecule has 2 aromatic carbocycles. The summed E-state index contributed by atoms with van der Waals surface area (Å²) in [5.74, 6) is 0.280. The highest BCUT2D eigenvalue weighted by atomic mass is 79.9. The molecule has 2 rings (SSSR count). The zero-order valence-corrected chi connectivity index (χ0v) is 12.3. The Labute approximate surface area is 124 Å². The summed E-state index contributed by atoms with van der Waals surface area (Å²) in [5.41, 5.74) is 6.75. The van der Waals surface area contributed by atoms with Crippen molar-refractivity contribution in [3.8, 4) is 17.6 Å². The van der Waals surface area contributed by atoms with Gasteiger partial charge in [0, 0.05) is 12.1 Å². The van der Waals surface area contributed by atoms with Crippen LogP contribution in [0.3, 0.4) is 0 Å². The molecule has 0 fully saturated rings. The van der Waals surface area contributed by atoms with E-state index in [9.17, 15) is 4.39 Å². The topological polar surface area (TPSA) is 59.0 Å². The van der Waals surface area contributed by atoms with Crippen molar-refractivity contribution in [2.45, 2.75) is 13.0 Å². The monoisotopic (exact) mass is 334 g/mol. The van der Waals surface area contributed by atoms with Crippen LogP contribution in [0.15, 0.2) is 40.9 Å². The number of hydrogen-bond acceptors (Lipinski definition) is 3. The molecule has 0 radical (unpaired) electrons. The van der Waals surface area contributed by atoms with E-state index >= 15 is 0 Å². The van der Waals surface area contributed by atoms with Crippen LogP contribution in [-0.4, -0.2) is 0 Å². The highest BCUT2D eigenvalue weighted by molar-refractivity contribution is 9.10. The van der Waals surface area contributed by atoms with Crippen LogP contribution in [0.4, 0.5) is 4.39 Å². The van der Waals surface area contributed by atoms with E-state index in [0.717, 1.165) is 10.0 Å². The van der Waals surface area contributed by atoms with Gasteiger partial charge >= 0.3 is 0 Å². The van der Waals surface area contributed by atoms with E-state index in [0.29, 0.717) is 11.5 Å². The smallest absolute Gasteiger partial charge is 0.144 e. The lowest BCUT2D eigenvalue weighted by molar-refractivity contribution is 0.473. The summed E-state index contributed by atoms with van der Waals surface area (Å²) in [6.07, 6.45) is 0. The van der Waals surface area contributed by atoms with Crippen LogP contribution in [0.1, 0.15) is 24.1 Å². The predicted molar refractivity (Wildman–Crippen MR) is 77.9 cm³/mol. The van der Waals surface area contributed by atoms with Gasteiger partial charge in [-0.05, 0) is 52.7 Å². The lowest BCUT2D eigenvalue weighted by Crippen LogP contribution is -2.04. The van der Waals surface area contributed by atoms with Gasteiger partial charge in [0.2, 0.25) is 0 Å². The van der Waals surface area contributed by atoms with Crippen molar-refractivity contribution < 1.29 is 9.13 Å². The number of nitriles is 1. The zero-order valence-electron chi connectivity index (χ0n) is 10.7. The summed E-state index contributed by atoms with van der Waals surface area (Å²) in [7, 11) is 0. The summed E-state index contributed by atoms with van der Waals surface area (Å²) in [6.45, 7) is 1.89. The Hall–Kier alpha value is -1.90. The van der Waals surface area contributed by atoms with Crippen LogP contribution in [0.5, 0.6) is 11.5 Å². The SMILES string of the molecule is C[C@@H](N)c1ccc(Oc2ccc(C#N)c(F)c2)c(Br)c1. The molecule has 0 saturated carbocycles. The first-order valence-electron chi connectivity index (χ1n) is 5.94. The van der Waals surface area contributed by atoms with Gasteiger partial charge in [-0.1, -0.05) is 6.07 Å². The Morgan fingerprint density at radius 1 is 1.30 bits per heavy atom. The number of ether oxygens (including phenoxy) is 1. The van der Waals surface area contributed by atoms with E-state index in [2.05, 4.69) is 15.9 Å². The molecule has 0 aliphatic carbocycles. The third-order valence-corrected chi connectivity index (χ3v) is 3.39. The van der Waals surface area contributed by atoms with Gasteiger partial charge in [0.05, 0.1) is 10.0 Å². The van der Waals surface area contributed by atoms with Gasteiger partial charge < -0.3 is 10.5 Å². The lowest BCUT2D eigenvalue weighted by atomic mass is 10.1. The maximum Gasteiger partial charge on any atom is 0.144 e. The molecule has 0 aromatic heterocycles. The van der Waals surface area contributed by atoms with E-state index in [-0.39, 0.29) is 11.6 Å².